The molecule has 0 N–H and O–H groups in total. The maximum atomic E-state index is 12.2. The number of ether oxygens (including phenoxy) is 2. The Balaban J connectivity index is 2.91. The standard InChI is InChI=1S/C14H21NO5/c1-4-8-14(13(17)19-5-2)9-6-7-11(14)15-20-12(16)10-18-3/h4H,1,5-10H2,2-3H3/b15-11+/t14-/m1/s1. The summed E-state index contributed by atoms with van der Waals surface area (Å²) in [6, 6.07) is 0. The van der Waals surface area contributed by atoms with E-state index in [1.165, 1.54) is 7.11 Å². The van der Waals surface area contributed by atoms with Crippen molar-refractivity contribution >= 4 is 17.7 Å². The van der Waals surface area contributed by atoms with E-state index in [1.54, 1.807) is 13.0 Å². The van der Waals surface area contributed by atoms with Crippen LogP contribution in [-0.4, -0.2) is 38.0 Å². The molecule has 0 aromatic rings. The molecule has 1 saturated carbocycles. The van der Waals surface area contributed by atoms with Crippen molar-refractivity contribution < 1.29 is 23.9 Å². The Hall–Kier alpha value is -1.69. The van der Waals surface area contributed by atoms with E-state index in [1.807, 2.05) is 0 Å². The molecule has 0 spiro atoms. The molecule has 0 radical (unpaired) electrons. The highest BCUT2D eigenvalue weighted by molar-refractivity contribution is 6.08. The molecule has 0 saturated heterocycles. The molecule has 20 heavy (non-hydrogen) atoms. The van der Waals surface area contributed by atoms with Crippen LogP contribution < -0.4 is 0 Å². The fourth-order valence-corrected chi connectivity index (χ4v) is 2.36. The zero-order chi connectivity index (χ0) is 15.0. The van der Waals surface area contributed by atoms with Gasteiger partial charge in [0.25, 0.3) is 0 Å². The molecular weight excluding hydrogens is 262 g/mol. The summed E-state index contributed by atoms with van der Waals surface area (Å²) in [6.07, 6.45) is 4.11. The summed E-state index contributed by atoms with van der Waals surface area (Å²) in [6.45, 7) is 5.56. The van der Waals surface area contributed by atoms with Crippen molar-refractivity contribution in [1.82, 2.24) is 0 Å². The third-order valence-corrected chi connectivity index (χ3v) is 3.25. The minimum atomic E-state index is -0.842. The van der Waals surface area contributed by atoms with E-state index < -0.39 is 11.4 Å². The lowest BCUT2D eigenvalue weighted by molar-refractivity contribution is -0.152. The van der Waals surface area contributed by atoms with Crippen molar-refractivity contribution in [3.05, 3.63) is 12.7 Å². The van der Waals surface area contributed by atoms with Crippen molar-refractivity contribution in [2.45, 2.75) is 32.6 Å². The third-order valence-electron chi connectivity index (χ3n) is 3.25. The smallest absolute Gasteiger partial charge is 0.360 e. The van der Waals surface area contributed by atoms with E-state index in [9.17, 15) is 9.59 Å². The lowest BCUT2D eigenvalue weighted by atomic mass is 9.81. The van der Waals surface area contributed by atoms with Crippen molar-refractivity contribution in [2.24, 2.45) is 10.6 Å². The van der Waals surface area contributed by atoms with Crippen molar-refractivity contribution in [3.8, 4) is 0 Å². The fourth-order valence-electron chi connectivity index (χ4n) is 2.36. The minimum Gasteiger partial charge on any atom is -0.465 e. The summed E-state index contributed by atoms with van der Waals surface area (Å²) >= 11 is 0. The number of oxime groups is 1. The SMILES string of the molecule is C=CC[C@@]1(C(=O)OCC)CCC/C1=N\OC(=O)COC. The highest BCUT2D eigenvalue weighted by Gasteiger charge is 2.47. The topological polar surface area (TPSA) is 74.2 Å². The molecule has 0 bridgehead atoms. The number of carbonyl (C=O) groups excluding carboxylic acids is 2. The predicted octanol–water partition coefficient (Wildman–Crippen LogP) is 1.84. The number of carbonyl (C=O) groups is 2. The average molecular weight is 283 g/mol. The summed E-state index contributed by atoms with van der Waals surface area (Å²) < 4.78 is 9.79. The summed E-state index contributed by atoms with van der Waals surface area (Å²) in [5.41, 5.74) is -0.300. The van der Waals surface area contributed by atoms with Crippen LogP contribution >= 0.6 is 0 Å². The first-order valence-corrected chi connectivity index (χ1v) is 6.65. The monoisotopic (exact) mass is 283 g/mol. The molecule has 0 aromatic heterocycles. The number of esters is 1. The molecule has 0 unspecified atom stereocenters. The lowest BCUT2D eigenvalue weighted by Gasteiger charge is -2.25. The number of nitrogens with zero attached hydrogens (tertiary/aromatic N) is 1. The normalized spacial score (nSPS) is 23.6. The van der Waals surface area contributed by atoms with Gasteiger partial charge in [-0.3, -0.25) is 4.79 Å². The van der Waals surface area contributed by atoms with Gasteiger partial charge in [0.15, 0.2) is 0 Å². The molecule has 1 aliphatic rings. The third kappa shape index (κ3) is 3.66. The lowest BCUT2D eigenvalue weighted by Crippen LogP contribution is -2.37. The Morgan fingerprint density at radius 3 is 2.85 bits per heavy atom. The van der Waals surface area contributed by atoms with E-state index in [2.05, 4.69) is 16.5 Å². The maximum absolute atomic E-state index is 12.2. The van der Waals surface area contributed by atoms with Crippen LogP contribution in [0.4, 0.5) is 0 Å². The molecule has 1 atom stereocenters. The van der Waals surface area contributed by atoms with Crippen LogP contribution in [0.3, 0.4) is 0 Å². The Bertz CT molecular complexity index is 404. The summed E-state index contributed by atoms with van der Waals surface area (Å²) in [5.74, 6) is -0.929. The number of hydrogen-bond donors (Lipinski definition) is 0. The summed E-state index contributed by atoms with van der Waals surface area (Å²) in [4.78, 5) is 28.3. The number of allylic oxidation sites excluding steroid dienone is 1. The van der Waals surface area contributed by atoms with Gasteiger partial charge in [-0.25, -0.2) is 4.79 Å². The van der Waals surface area contributed by atoms with Gasteiger partial charge in [-0.1, -0.05) is 11.2 Å². The van der Waals surface area contributed by atoms with Crippen LogP contribution in [0, 0.1) is 5.41 Å². The van der Waals surface area contributed by atoms with E-state index in [0.29, 0.717) is 31.6 Å². The van der Waals surface area contributed by atoms with Gasteiger partial charge in [0.2, 0.25) is 0 Å². The number of hydrogen-bond acceptors (Lipinski definition) is 6. The Morgan fingerprint density at radius 1 is 1.50 bits per heavy atom. The highest BCUT2D eigenvalue weighted by atomic mass is 16.7. The predicted molar refractivity (Wildman–Crippen MR) is 73.1 cm³/mol. The second kappa shape index (κ2) is 7.79. The number of rotatable bonds is 7. The molecule has 112 valence electrons. The van der Waals surface area contributed by atoms with Crippen LogP contribution in [0.5, 0.6) is 0 Å². The van der Waals surface area contributed by atoms with Gasteiger partial charge in [0, 0.05) is 7.11 Å². The maximum Gasteiger partial charge on any atom is 0.360 e. The highest BCUT2D eigenvalue weighted by Crippen LogP contribution is 2.40. The molecule has 1 aliphatic carbocycles. The fraction of sp³-hybridized carbons (Fsp3) is 0.643. The first-order chi connectivity index (χ1) is 9.60. The van der Waals surface area contributed by atoms with Crippen LogP contribution in [0.2, 0.25) is 0 Å². The molecule has 1 fully saturated rings. The van der Waals surface area contributed by atoms with E-state index >= 15 is 0 Å². The molecule has 6 nitrogen and oxygen atoms in total. The first kappa shape index (κ1) is 16.4. The van der Waals surface area contributed by atoms with Crippen molar-refractivity contribution in [2.75, 3.05) is 20.3 Å². The second-order valence-electron chi connectivity index (χ2n) is 4.58. The molecule has 0 aliphatic heterocycles. The van der Waals surface area contributed by atoms with Gasteiger partial charge < -0.3 is 14.3 Å². The summed E-state index contributed by atoms with van der Waals surface area (Å²) in [7, 11) is 1.39. The van der Waals surface area contributed by atoms with Crippen LogP contribution in [-0.2, 0) is 23.9 Å². The van der Waals surface area contributed by atoms with E-state index in [4.69, 9.17) is 9.57 Å². The molecular formula is C14H21NO5. The Labute approximate surface area is 118 Å². The van der Waals surface area contributed by atoms with Gasteiger partial charge in [0.1, 0.15) is 12.0 Å². The zero-order valence-corrected chi connectivity index (χ0v) is 12.0. The summed E-state index contributed by atoms with van der Waals surface area (Å²) in [5, 5.41) is 3.86. The minimum absolute atomic E-state index is 0.176. The Morgan fingerprint density at radius 2 is 2.25 bits per heavy atom. The second-order valence-corrected chi connectivity index (χ2v) is 4.58. The van der Waals surface area contributed by atoms with Crippen LogP contribution in [0.15, 0.2) is 17.8 Å². The largest absolute Gasteiger partial charge is 0.465 e. The van der Waals surface area contributed by atoms with Crippen LogP contribution in [0.25, 0.3) is 0 Å². The van der Waals surface area contributed by atoms with E-state index in [0.717, 1.165) is 6.42 Å². The van der Waals surface area contributed by atoms with Gasteiger partial charge in [-0.2, -0.15) is 0 Å². The van der Waals surface area contributed by atoms with Crippen molar-refractivity contribution in [1.29, 1.82) is 0 Å². The average Bonchev–Trinajstić information content (AvgIpc) is 2.82. The molecule has 0 amide bonds. The Kier molecular flexibility index (Phi) is 6.38. The molecule has 0 heterocycles. The van der Waals surface area contributed by atoms with Gasteiger partial charge in [-0.15, -0.1) is 6.58 Å². The van der Waals surface area contributed by atoms with Gasteiger partial charge in [-0.05, 0) is 32.6 Å². The molecule has 6 heteroatoms. The molecule has 0 aromatic carbocycles. The molecule has 1 rings (SSSR count). The quantitative estimate of drug-likeness (QED) is 0.308. The van der Waals surface area contributed by atoms with Gasteiger partial charge in [0.05, 0.1) is 12.3 Å². The van der Waals surface area contributed by atoms with E-state index in [-0.39, 0.29) is 12.6 Å². The first-order valence-electron chi connectivity index (χ1n) is 6.65. The van der Waals surface area contributed by atoms with Gasteiger partial charge >= 0.3 is 11.9 Å². The number of methoxy groups -OCH3 is 1. The zero-order valence-electron chi connectivity index (χ0n) is 12.0. The van der Waals surface area contributed by atoms with Crippen molar-refractivity contribution in [3.63, 3.8) is 0 Å². The van der Waals surface area contributed by atoms with Crippen LogP contribution in [0.1, 0.15) is 32.6 Å².